The minimum absolute atomic E-state index is 0.229. The summed E-state index contributed by atoms with van der Waals surface area (Å²) < 4.78 is 0. The molecule has 0 aromatic rings. The number of rotatable bonds is 1. The van der Waals surface area contributed by atoms with Crippen LogP contribution < -0.4 is 0 Å². The zero-order valence-electron chi connectivity index (χ0n) is 7.59. The minimum atomic E-state index is -0.478. The summed E-state index contributed by atoms with van der Waals surface area (Å²) in [6.45, 7) is 4.98. The van der Waals surface area contributed by atoms with Crippen LogP contribution in [-0.4, -0.2) is 35.2 Å². The maximum absolute atomic E-state index is 9.91. The Kier molecular flexibility index (Phi) is 1.24. The fourth-order valence-corrected chi connectivity index (χ4v) is 2.58. The zero-order valence-corrected chi connectivity index (χ0v) is 7.59. The third kappa shape index (κ3) is 0.798. The molecule has 1 N–H and O–H groups in total. The Hall–Kier alpha value is -0.0800. The quantitative estimate of drug-likeness (QED) is 0.607. The van der Waals surface area contributed by atoms with Crippen LogP contribution in [0, 0.1) is 5.41 Å². The molecule has 2 bridgehead atoms. The molecule has 64 valence electrons. The van der Waals surface area contributed by atoms with E-state index in [0.717, 1.165) is 12.6 Å². The summed E-state index contributed by atoms with van der Waals surface area (Å²) in [5, 5.41) is 9.91. The summed E-state index contributed by atoms with van der Waals surface area (Å²) in [4.78, 5) is 2.37. The highest BCUT2D eigenvalue weighted by Crippen LogP contribution is 2.56. The Morgan fingerprint density at radius 2 is 2.00 bits per heavy atom. The van der Waals surface area contributed by atoms with Crippen LogP contribution in [-0.2, 0) is 0 Å². The molecule has 0 amide bonds. The van der Waals surface area contributed by atoms with Gasteiger partial charge in [-0.05, 0) is 33.7 Å². The molecule has 0 aromatic carbocycles. The predicted molar refractivity (Wildman–Crippen MR) is 44.4 cm³/mol. The molecule has 11 heavy (non-hydrogen) atoms. The lowest BCUT2D eigenvalue weighted by molar-refractivity contribution is -0.0755. The van der Waals surface area contributed by atoms with E-state index in [1.165, 1.54) is 12.8 Å². The van der Waals surface area contributed by atoms with Crippen LogP contribution in [0.4, 0.5) is 0 Å². The van der Waals surface area contributed by atoms with Crippen molar-refractivity contribution >= 4 is 0 Å². The fourth-order valence-electron chi connectivity index (χ4n) is 2.58. The van der Waals surface area contributed by atoms with Gasteiger partial charge >= 0.3 is 0 Å². The molecule has 3 aliphatic rings. The predicted octanol–water partition coefficient (Wildman–Crippen LogP) is 0.851. The van der Waals surface area contributed by atoms with Crippen LogP contribution in [0.15, 0.2) is 0 Å². The summed E-state index contributed by atoms with van der Waals surface area (Å²) in [6, 6.07) is 0.765. The molecule has 1 aliphatic carbocycles. The highest BCUT2D eigenvalue weighted by atomic mass is 16.3. The smallest absolute Gasteiger partial charge is 0.0661 e. The van der Waals surface area contributed by atoms with Crippen molar-refractivity contribution in [1.29, 1.82) is 0 Å². The van der Waals surface area contributed by atoms with Crippen LogP contribution in [0.1, 0.15) is 26.7 Å². The second kappa shape index (κ2) is 1.80. The van der Waals surface area contributed by atoms with Gasteiger partial charge in [-0.3, -0.25) is 0 Å². The molecule has 0 radical (unpaired) electrons. The Balaban J connectivity index is 2.18. The first-order valence-corrected chi connectivity index (χ1v) is 4.37. The first kappa shape index (κ1) is 7.56. The van der Waals surface area contributed by atoms with Gasteiger partial charge in [-0.2, -0.15) is 0 Å². The van der Waals surface area contributed by atoms with Crippen molar-refractivity contribution in [2.75, 3.05) is 13.6 Å². The standard InChI is InChI=1S/C9H17NO/c1-8(2,11)9-4-7(5-9)10(3)6-9/h7,11H,4-6H2,1-3H3. The molecule has 3 rings (SSSR count). The van der Waals surface area contributed by atoms with Crippen molar-refractivity contribution in [3.63, 3.8) is 0 Å². The van der Waals surface area contributed by atoms with Gasteiger partial charge in [-0.15, -0.1) is 0 Å². The number of nitrogens with zero attached hydrogens (tertiary/aromatic N) is 1. The molecular weight excluding hydrogens is 138 g/mol. The molecule has 2 heteroatoms. The summed E-state index contributed by atoms with van der Waals surface area (Å²) in [6.07, 6.45) is 2.40. The molecule has 0 spiro atoms. The van der Waals surface area contributed by atoms with Crippen LogP contribution in [0.2, 0.25) is 0 Å². The largest absolute Gasteiger partial charge is 0.390 e. The van der Waals surface area contributed by atoms with Gasteiger partial charge in [-0.1, -0.05) is 0 Å². The van der Waals surface area contributed by atoms with Gasteiger partial charge in [0.25, 0.3) is 0 Å². The van der Waals surface area contributed by atoms with Crippen LogP contribution in [0.3, 0.4) is 0 Å². The maximum Gasteiger partial charge on any atom is 0.0661 e. The van der Waals surface area contributed by atoms with Crippen molar-refractivity contribution in [2.45, 2.75) is 38.3 Å². The lowest BCUT2D eigenvalue weighted by Gasteiger charge is -2.46. The van der Waals surface area contributed by atoms with Gasteiger partial charge in [0.1, 0.15) is 0 Å². The van der Waals surface area contributed by atoms with E-state index in [1.54, 1.807) is 0 Å². The molecule has 3 fully saturated rings. The molecule has 2 aliphatic heterocycles. The molecule has 2 saturated heterocycles. The molecular formula is C9H17NO. The first-order chi connectivity index (χ1) is 4.95. The molecule has 0 aromatic heterocycles. The Bertz CT molecular complexity index is 176. The van der Waals surface area contributed by atoms with E-state index < -0.39 is 5.60 Å². The monoisotopic (exact) mass is 155 g/mol. The Labute approximate surface area is 68.2 Å². The molecule has 0 unspecified atom stereocenters. The third-order valence-corrected chi connectivity index (χ3v) is 3.73. The van der Waals surface area contributed by atoms with Gasteiger partial charge in [0, 0.05) is 18.0 Å². The van der Waals surface area contributed by atoms with E-state index in [1.807, 2.05) is 13.8 Å². The SMILES string of the molecule is CN1CC2(C(C)(C)O)CC1C2. The van der Waals surface area contributed by atoms with E-state index >= 15 is 0 Å². The average molecular weight is 155 g/mol. The normalized spacial score (nSPS) is 44.2. The zero-order chi connectivity index (χ0) is 8.28. The lowest BCUT2D eigenvalue weighted by atomic mass is 9.61. The average Bonchev–Trinajstić information content (AvgIpc) is 2.13. The van der Waals surface area contributed by atoms with E-state index in [2.05, 4.69) is 11.9 Å². The first-order valence-electron chi connectivity index (χ1n) is 4.37. The van der Waals surface area contributed by atoms with Gasteiger partial charge in [-0.25, -0.2) is 0 Å². The number of aliphatic hydroxyl groups is 1. The van der Waals surface area contributed by atoms with Gasteiger partial charge in [0.05, 0.1) is 5.60 Å². The molecule has 0 atom stereocenters. The van der Waals surface area contributed by atoms with Crippen molar-refractivity contribution in [2.24, 2.45) is 5.41 Å². The Morgan fingerprint density at radius 3 is 2.18 bits per heavy atom. The third-order valence-electron chi connectivity index (χ3n) is 3.73. The van der Waals surface area contributed by atoms with Crippen molar-refractivity contribution < 1.29 is 5.11 Å². The van der Waals surface area contributed by atoms with Crippen LogP contribution in [0.5, 0.6) is 0 Å². The summed E-state index contributed by atoms with van der Waals surface area (Å²) in [5.41, 5.74) is -0.249. The van der Waals surface area contributed by atoms with Gasteiger partial charge < -0.3 is 10.0 Å². The maximum atomic E-state index is 9.91. The van der Waals surface area contributed by atoms with Crippen LogP contribution >= 0.6 is 0 Å². The van der Waals surface area contributed by atoms with Crippen molar-refractivity contribution in [3.05, 3.63) is 0 Å². The number of hydrogen-bond donors (Lipinski definition) is 1. The molecule has 2 nitrogen and oxygen atoms in total. The summed E-state index contributed by atoms with van der Waals surface area (Å²) in [7, 11) is 2.16. The van der Waals surface area contributed by atoms with E-state index in [0.29, 0.717) is 0 Å². The van der Waals surface area contributed by atoms with E-state index in [4.69, 9.17) is 0 Å². The Morgan fingerprint density at radius 1 is 1.45 bits per heavy atom. The van der Waals surface area contributed by atoms with Crippen molar-refractivity contribution in [1.82, 2.24) is 4.90 Å². The molecule has 1 saturated carbocycles. The number of hydrogen-bond acceptors (Lipinski definition) is 2. The van der Waals surface area contributed by atoms with Crippen LogP contribution in [0.25, 0.3) is 0 Å². The summed E-state index contributed by atoms with van der Waals surface area (Å²) >= 11 is 0. The second-order valence-electron chi connectivity index (χ2n) is 4.82. The van der Waals surface area contributed by atoms with E-state index in [9.17, 15) is 5.11 Å². The minimum Gasteiger partial charge on any atom is -0.390 e. The fraction of sp³-hybridized carbons (Fsp3) is 1.00. The van der Waals surface area contributed by atoms with E-state index in [-0.39, 0.29) is 5.41 Å². The highest BCUT2D eigenvalue weighted by molar-refractivity contribution is 5.13. The van der Waals surface area contributed by atoms with Gasteiger partial charge in [0.2, 0.25) is 0 Å². The van der Waals surface area contributed by atoms with Gasteiger partial charge in [0.15, 0.2) is 0 Å². The second-order valence-corrected chi connectivity index (χ2v) is 4.82. The highest BCUT2D eigenvalue weighted by Gasteiger charge is 2.60. The lowest BCUT2D eigenvalue weighted by Crippen LogP contribution is -2.50. The summed E-state index contributed by atoms with van der Waals surface area (Å²) in [5.74, 6) is 0. The molecule has 2 heterocycles. The number of fused-ring (bicyclic) bond motifs is 1. The van der Waals surface area contributed by atoms with Crippen molar-refractivity contribution in [3.8, 4) is 0 Å². The topological polar surface area (TPSA) is 23.5 Å².